The van der Waals surface area contributed by atoms with Crippen molar-refractivity contribution in [2.75, 3.05) is 13.1 Å². The van der Waals surface area contributed by atoms with Gasteiger partial charge in [0.25, 0.3) is 16.1 Å². The van der Waals surface area contributed by atoms with E-state index in [9.17, 15) is 13.2 Å². The smallest absolute Gasteiger partial charge is 0.277 e. The van der Waals surface area contributed by atoms with Crippen LogP contribution in [0.2, 0.25) is 0 Å². The molecule has 1 saturated heterocycles. The Labute approximate surface area is 163 Å². The highest BCUT2D eigenvalue weighted by molar-refractivity contribution is 7.86. The van der Waals surface area contributed by atoms with Crippen molar-refractivity contribution in [1.82, 2.24) is 9.29 Å². The average Bonchev–Trinajstić information content (AvgIpc) is 2.60. The fraction of sp³-hybridized carbons (Fsp3) is 0.444. The monoisotopic (exact) mass is 408 g/mol. The third-order valence-corrected chi connectivity index (χ3v) is 5.48. The highest BCUT2D eigenvalue weighted by atomic mass is 32.2. The van der Waals surface area contributed by atoms with Crippen LogP contribution >= 0.6 is 0 Å². The van der Waals surface area contributed by atoms with E-state index in [0.717, 1.165) is 0 Å². The number of pyridine rings is 1. The molecule has 28 heavy (non-hydrogen) atoms. The summed E-state index contributed by atoms with van der Waals surface area (Å²) in [6.45, 7) is 4.25. The number of hydrogen-bond donors (Lipinski definition) is 2. The second kappa shape index (κ2) is 7.90. The number of aromatic nitrogens is 1. The molecule has 0 radical (unpaired) electrons. The van der Waals surface area contributed by atoms with Crippen LogP contribution in [0, 0.1) is 0 Å². The molecule has 1 fully saturated rings. The summed E-state index contributed by atoms with van der Waals surface area (Å²) in [7, 11) is -3.76. The average molecular weight is 408 g/mol. The van der Waals surface area contributed by atoms with Gasteiger partial charge in [0.2, 0.25) is 0 Å². The molecule has 0 bridgehead atoms. The van der Waals surface area contributed by atoms with E-state index in [0.29, 0.717) is 41.8 Å². The molecule has 1 amide bonds. The summed E-state index contributed by atoms with van der Waals surface area (Å²) < 4.78 is 36.3. The van der Waals surface area contributed by atoms with Crippen molar-refractivity contribution in [3.8, 4) is 11.5 Å². The van der Waals surface area contributed by atoms with Gasteiger partial charge in [-0.1, -0.05) is 0 Å². The topological polar surface area (TPSA) is 138 Å². The number of fused-ring (bicyclic) bond motifs is 1. The SMILES string of the molecule is CC(C)Oc1cc2c(OC3CCCN(S(N)(=O)=O)C3)ccnc2cc1C(N)=O. The highest BCUT2D eigenvalue weighted by Gasteiger charge is 2.28. The minimum Gasteiger partial charge on any atom is -0.490 e. The maximum absolute atomic E-state index is 11.8. The first kappa shape index (κ1) is 20.3. The summed E-state index contributed by atoms with van der Waals surface area (Å²) in [6.07, 6.45) is 2.41. The van der Waals surface area contributed by atoms with Crippen LogP contribution in [0.3, 0.4) is 0 Å². The molecule has 0 aliphatic carbocycles. The molecule has 3 rings (SSSR count). The van der Waals surface area contributed by atoms with Gasteiger partial charge in [-0.2, -0.15) is 12.7 Å². The van der Waals surface area contributed by atoms with Gasteiger partial charge in [0, 0.05) is 18.1 Å². The van der Waals surface area contributed by atoms with Gasteiger partial charge >= 0.3 is 0 Å². The largest absolute Gasteiger partial charge is 0.490 e. The van der Waals surface area contributed by atoms with E-state index in [2.05, 4.69) is 4.98 Å². The molecule has 1 unspecified atom stereocenters. The summed E-state index contributed by atoms with van der Waals surface area (Å²) in [5.74, 6) is 0.264. The van der Waals surface area contributed by atoms with Crippen molar-refractivity contribution >= 4 is 27.0 Å². The second-order valence-electron chi connectivity index (χ2n) is 6.99. The standard InChI is InChI=1S/C18H24N4O5S/c1-11(2)26-17-9-13-15(8-14(17)18(19)23)21-6-5-16(13)27-12-4-3-7-22(10-12)28(20,24)25/h5-6,8-9,11-12H,3-4,7,10H2,1-2H3,(H2,19,23)(H2,20,24,25). The Balaban J connectivity index is 1.96. The van der Waals surface area contributed by atoms with Crippen molar-refractivity contribution in [3.63, 3.8) is 0 Å². The Hall–Kier alpha value is -2.43. The molecule has 4 N–H and O–H groups in total. The van der Waals surface area contributed by atoms with Gasteiger partial charge in [-0.25, -0.2) is 5.14 Å². The van der Waals surface area contributed by atoms with E-state index in [-0.39, 0.29) is 24.3 Å². The number of nitrogens with two attached hydrogens (primary N) is 2. The van der Waals surface area contributed by atoms with Crippen molar-refractivity contribution < 1.29 is 22.7 Å². The van der Waals surface area contributed by atoms with Crippen LogP contribution in [-0.2, 0) is 10.2 Å². The Morgan fingerprint density at radius 2 is 2.07 bits per heavy atom. The second-order valence-corrected chi connectivity index (χ2v) is 8.54. The minimum absolute atomic E-state index is 0.154. The molecular formula is C18H24N4O5S. The lowest BCUT2D eigenvalue weighted by Crippen LogP contribution is -2.47. The molecule has 152 valence electrons. The molecule has 0 spiro atoms. The Morgan fingerprint density at radius 3 is 2.71 bits per heavy atom. The lowest BCUT2D eigenvalue weighted by Gasteiger charge is -2.31. The number of nitrogens with zero attached hydrogens (tertiary/aromatic N) is 2. The van der Waals surface area contributed by atoms with Crippen LogP contribution in [0.25, 0.3) is 10.9 Å². The van der Waals surface area contributed by atoms with Crippen LogP contribution < -0.4 is 20.3 Å². The predicted molar refractivity (Wildman–Crippen MR) is 104 cm³/mol. The van der Waals surface area contributed by atoms with Crippen molar-refractivity contribution in [2.45, 2.75) is 38.9 Å². The third kappa shape index (κ3) is 4.51. The zero-order chi connectivity index (χ0) is 20.5. The molecule has 1 aromatic heterocycles. The van der Waals surface area contributed by atoms with Crippen LogP contribution in [-0.4, -0.2) is 48.9 Å². The molecule has 1 atom stereocenters. The molecule has 0 saturated carbocycles. The number of rotatable bonds is 6. The first-order chi connectivity index (χ1) is 13.1. The number of hydrogen-bond acceptors (Lipinski definition) is 6. The molecule has 2 aromatic rings. The molecule has 1 aromatic carbocycles. The Kier molecular flexibility index (Phi) is 5.73. The van der Waals surface area contributed by atoms with Gasteiger partial charge in [-0.15, -0.1) is 0 Å². The van der Waals surface area contributed by atoms with Crippen LogP contribution in [0.5, 0.6) is 11.5 Å². The van der Waals surface area contributed by atoms with Crippen molar-refractivity contribution in [3.05, 3.63) is 30.0 Å². The van der Waals surface area contributed by atoms with Crippen LogP contribution in [0.15, 0.2) is 24.4 Å². The maximum atomic E-state index is 11.8. The number of ether oxygens (including phenoxy) is 2. The summed E-state index contributed by atoms with van der Waals surface area (Å²) in [4.78, 5) is 16.1. The zero-order valence-corrected chi connectivity index (χ0v) is 16.6. The fourth-order valence-electron chi connectivity index (χ4n) is 3.21. The van der Waals surface area contributed by atoms with Crippen LogP contribution in [0.4, 0.5) is 0 Å². The van der Waals surface area contributed by atoms with E-state index in [4.69, 9.17) is 20.3 Å². The highest BCUT2D eigenvalue weighted by Crippen LogP contribution is 2.32. The van der Waals surface area contributed by atoms with Gasteiger partial charge in [-0.3, -0.25) is 9.78 Å². The van der Waals surface area contributed by atoms with Gasteiger partial charge in [0.15, 0.2) is 0 Å². The van der Waals surface area contributed by atoms with Gasteiger partial charge in [0.1, 0.15) is 17.6 Å². The van der Waals surface area contributed by atoms with E-state index in [1.54, 1.807) is 24.4 Å². The first-order valence-corrected chi connectivity index (χ1v) is 10.5. The van der Waals surface area contributed by atoms with Crippen molar-refractivity contribution in [2.24, 2.45) is 10.9 Å². The summed E-state index contributed by atoms with van der Waals surface area (Å²) in [5, 5.41) is 5.89. The Morgan fingerprint density at radius 1 is 1.32 bits per heavy atom. The maximum Gasteiger partial charge on any atom is 0.277 e. The predicted octanol–water partition coefficient (Wildman–Crippen LogP) is 1.17. The zero-order valence-electron chi connectivity index (χ0n) is 15.8. The fourth-order valence-corrected chi connectivity index (χ4v) is 3.96. The molecule has 2 heterocycles. The van der Waals surface area contributed by atoms with Crippen molar-refractivity contribution in [1.29, 1.82) is 0 Å². The Bertz CT molecular complexity index is 993. The lowest BCUT2D eigenvalue weighted by atomic mass is 10.1. The van der Waals surface area contributed by atoms with Gasteiger partial charge in [0.05, 0.1) is 23.7 Å². The van der Waals surface area contributed by atoms with E-state index in [1.165, 1.54) is 4.31 Å². The molecule has 1 aliphatic heterocycles. The van der Waals surface area contributed by atoms with E-state index < -0.39 is 16.1 Å². The molecule has 1 aliphatic rings. The number of amides is 1. The molecular weight excluding hydrogens is 384 g/mol. The van der Waals surface area contributed by atoms with E-state index >= 15 is 0 Å². The quantitative estimate of drug-likeness (QED) is 0.736. The molecule has 9 nitrogen and oxygen atoms in total. The molecule has 10 heteroatoms. The minimum atomic E-state index is -3.76. The number of carbonyl (C=O) groups excluding carboxylic acids is 1. The number of benzene rings is 1. The van der Waals surface area contributed by atoms with E-state index in [1.807, 2.05) is 13.8 Å². The first-order valence-electron chi connectivity index (χ1n) is 8.99. The van der Waals surface area contributed by atoms with Crippen LogP contribution in [0.1, 0.15) is 37.0 Å². The third-order valence-electron chi connectivity index (χ3n) is 4.43. The lowest BCUT2D eigenvalue weighted by molar-refractivity contribution is 0.0994. The summed E-state index contributed by atoms with van der Waals surface area (Å²) in [5.41, 5.74) is 6.24. The summed E-state index contributed by atoms with van der Waals surface area (Å²) >= 11 is 0. The summed E-state index contributed by atoms with van der Waals surface area (Å²) in [6, 6.07) is 4.94. The number of primary amides is 1. The number of carbonyl (C=O) groups is 1. The normalized spacial score (nSPS) is 18.4. The number of piperidine rings is 1. The van der Waals surface area contributed by atoms with Gasteiger partial charge < -0.3 is 15.2 Å². The van der Waals surface area contributed by atoms with Gasteiger partial charge in [-0.05, 0) is 44.9 Å².